The third-order valence-corrected chi connectivity index (χ3v) is 3.99. The first-order chi connectivity index (χ1) is 10.1. The van der Waals surface area contributed by atoms with Crippen molar-refractivity contribution in [1.29, 1.82) is 0 Å². The van der Waals surface area contributed by atoms with E-state index in [1.54, 1.807) is 0 Å². The van der Waals surface area contributed by atoms with Gasteiger partial charge in [0.25, 0.3) is 0 Å². The minimum atomic E-state index is -0.111. The number of hydrogen-bond donors (Lipinski definition) is 1. The molecule has 1 aromatic rings. The second-order valence-electron chi connectivity index (χ2n) is 5.33. The highest BCUT2D eigenvalue weighted by molar-refractivity contribution is 7.80. The maximum atomic E-state index is 11.8. The Morgan fingerprint density at radius 1 is 1.43 bits per heavy atom. The molecule has 0 spiro atoms. The van der Waals surface area contributed by atoms with Gasteiger partial charge >= 0.3 is 5.97 Å². The van der Waals surface area contributed by atoms with Gasteiger partial charge in [0.1, 0.15) is 0 Å². The summed E-state index contributed by atoms with van der Waals surface area (Å²) < 4.78 is 5.11. The summed E-state index contributed by atoms with van der Waals surface area (Å²) in [5, 5.41) is 3.91. The van der Waals surface area contributed by atoms with Gasteiger partial charge in [-0.3, -0.25) is 4.79 Å². The van der Waals surface area contributed by atoms with Crippen molar-refractivity contribution in [2.24, 2.45) is 5.92 Å². The fourth-order valence-corrected chi connectivity index (χ4v) is 2.74. The van der Waals surface area contributed by atoms with Gasteiger partial charge in [-0.05, 0) is 51.0 Å². The first-order valence-electron chi connectivity index (χ1n) is 7.39. The Morgan fingerprint density at radius 3 is 2.81 bits per heavy atom. The number of ether oxygens (including phenoxy) is 1. The van der Waals surface area contributed by atoms with E-state index in [9.17, 15) is 4.79 Å². The van der Waals surface area contributed by atoms with E-state index in [1.165, 1.54) is 5.56 Å². The lowest BCUT2D eigenvalue weighted by Crippen LogP contribution is -2.44. The highest BCUT2D eigenvalue weighted by Gasteiger charge is 2.27. The van der Waals surface area contributed by atoms with E-state index in [4.69, 9.17) is 17.0 Å². The predicted octanol–water partition coefficient (Wildman–Crippen LogP) is 2.97. The van der Waals surface area contributed by atoms with Crippen LogP contribution in [-0.4, -0.2) is 35.7 Å². The van der Waals surface area contributed by atoms with E-state index in [1.807, 2.05) is 31.2 Å². The van der Waals surface area contributed by atoms with Crippen LogP contribution in [0.3, 0.4) is 0 Å². The van der Waals surface area contributed by atoms with Crippen molar-refractivity contribution in [3.63, 3.8) is 0 Å². The molecular formula is C16H22N2O2S. The van der Waals surface area contributed by atoms with Crippen LogP contribution in [0.2, 0.25) is 0 Å². The summed E-state index contributed by atoms with van der Waals surface area (Å²) in [4.78, 5) is 13.9. The number of nitrogens with one attached hydrogen (secondary N) is 1. The molecule has 21 heavy (non-hydrogen) atoms. The Hall–Kier alpha value is -1.62. The quantitative estimate of drug-likeness (QED) is 0.687. The van der Waals surface area contributed by atoms with E-state index in [2.05, 4.69) is 17.1 Å². The van der Waals surface area contributed by atoms with Gasteiger partial charge in [0.2, 0.25) is 0 Å². The van der Waals surface area contributed by atoms with E-state index in [-0.39, 0.29) is 11.9 Å². The predicted molar refractivity (Wildman–Crippen MR) is 88.3 cm³/mol. The maximum absolute atomic E-state index is 11.8. The summed E-state index contributed by atoms with van der Waals surface area (Å²) >= 11 is 5.46. The summed E-state index contributed by atoms with van der Waals surface area (Å²) in [7, 11) is 0. The number of benzene rings is 1. The van der Waals surface area contributed by atoms with Crippen LogP contribution in [0.4, 0.5) is 5.69 Å². The normalized spacial score (nSPS) is 18.2. The number of thiocarbonyl (C=S) groups is 1. The number of likely N-dealkylation sites (tertiary alicyclic amines) is 1. The van der Waals surface area contributed by atoms with Gasteiger partial charge < -0.3 is 15.0 Å². The average molecular weight is 306 g/mol. The zero-order valence-corrected chi connectivity index (χ0v) is 13.4. The summed E-state index contributed by atoms with van der Waals surface area (Å²) in [5.74, 6) is -0.184. The third-order valence-electron chi connectivity index (χ3n) is 3.63. The van der Waals surface area contributed by atoms with E-state index >= 15 is 0 Å². The van der Waals surface area contributed by atoms with Gasteiger partial charge in [0.15, 0.2) is 5.11 Å². The SMILES string of the molecule is CCOC(=O)[C@@H]1CCCN(C(=S)Nc2ccc(C)cc2)C1. The molecule has 0 bridgehead atoms. The number of carbonyl (C=O) groups excluding carboxylic acids is 1. The molecule has 0 unspecified atom stereocenters. The van der Waals surface area contributed by atoms with Crippen molar-refractivity contribution in [3.05, 3.63) is 29.8 Å². The van der Waals surface area contributed by atoms with Crippen LogP contribution in [0.15, 0.2) is 24.3 Å². The molecule has 5 heteroatoms. The molecule has 114 valence electrons. The van der Waals surface area contributed by atoms with Crippen molar-refractivity contribution < 1.29 is 9.53 Å². The molecule has 0 aromatic heterocycles. The Balaban J connectivity index is 1.92. The second kappa shape index (κ2) is 7.41. The van der Waals surface area contributed by atoms with E-state index in [0.717, 1.165) is 25.1 Å². The van der Waals surface area contributed by atoms with Gasteiger partial charge in [-0.2, -0.15) is 0 Å². The first kappa shape index (κ1) is 15.8. The molecule has 1 saturated heterocycles. The van der Waals surface area contributed by atoms with Crippen LogP contribution in [0.1, 0.15) is 25.3 Å². The van der Waals surface area contributed by atoms with Crippen molar-refractivity contribution >= 4 is 29.0 Å². The van der Waals surface area contributed by atoms with Crippen molar-refractivity contribution in [2.75, 3.05) is 25.0 Å². The number of rotatable bonds is 3. The Kier molecular flexibility index (Phi) is 5.56. The lowest BCUT2D eigenvalue weighted by atomic mass is 9.98. The minimum Gasteiger partial charge on any atom is -0.466 e. The van der Waals surface area contributed by atoms with Gasteiger partial charge in [0, 0.05) is 18.8 Å². The monoisotopic (exact) mass is 306 g/mol. The van der Waals surface area contributed by atoms with Gasteiger partial charge in [-0.25, -0.2) is 0 Å². The smallest absolute Gasteiger partial charge is 0.310 e. The van der Waals surface area contributed by atoms with Gasteiger partial charge in [-0.1, -0.05) is 17.7 Å². The number of piperidine rings is 1. The fourth-order valence-electron chi connectivity index (χ4n) is 2.45. The topological polar surface area (TPSA) is 41.6 Å². The molecule has 1 fully saturated rings. The highest BCUT2D eigenvalue weighted by atomic mass is 32.1. The van der Waals surface area contributed by atoms with Crippen LogP contribution in [-0.2, 0) is 9.53 Å². The first-order valence-corrected chi connectivity index (χ1v) is 7.80. The lowest BCUT2D eigenvalue weighted by molar-refractivity contribution is -0.149. The van der Waals surface area contributed by atoms with E-state index in [0.29, 0.717) is 18.3 Å². The molecule has 1 N–H and O–H groups in total. The number of esters is 1. The number of nitrogens with zero attached hydrogens (tertiary/aromatic N) is 1. The Morgan fingerprint density at radius 2 is 2.14 bits per heavy atom. The van der Waals surface area contributed by atoms with Crippen LogP contribution in [0, 0.1) is 12.8 Å². The molecule has 1 aliphatic rings. The molecule has 0 radical (unpaired) electrons. The standard InChI is InChI=1S/C16H22N2O2S/c1-3-20-15(19)13-5-4-10-18(11-13)16(21)17-14-8-6-12(2)7-9-14/h6-9,13H,3-5,10-11H2,1-2H3,(H,17,21)/t13-/m1/s1. The van der Waals surface area contributed by atoms with Crippen molar-refractivity contribution in [1.82, 2.24) is 4.90 Å². The molecule has 2 rings (SSSR count). The summed E-state index contributed by atoms with van der Waals surface area (Å²) in [6, 6.07) is 8.11. The Bertz CT molecular complexity index is 502. The molecule has 1 heterocycles. The second-order valence-corrected chi connectivity index (χ2v) is 5.72. The zero-order valence-electron chi connectivity index (χ0n) is 12.6. The zero-order chi connectivity index (χ0) is 15.2. The molecule has 1 aromatic carbocycles. The van der Waals surface area contributed by atoms with Crippen LogP contribution in [0.5, 0.6) is 0 Å². The highest BCUT2D eigenvalue weighted by Crippen LogP contribution is 2.19. The number of carbonyl (C=O) groups is 1. The van der Waals surface area contributed by atoms with Crippen LogP contribution in [0.25, 0.3) is 0 Å². The van der Waals surface area contributed by atoms with E-state index < -0.39 is 0 Å². The largest absolute Gasteiger partial charge is 0.466 e. The van der Waals surface area contributed by atoms with Crippen LogP contribution >= 0.6 is 12.2 Å². The summed E-state index contributed by atoms with van der Waals surface area (Å²) in [6.45, 7) is 5.84. The molecular weight excluding hydrogens is 284 g/mol. The molecule has 0 amide bonds. The fraction of sp³-hybridized carbons (Fsp3) is 0.500. The van der Waals surface area contributed by atoms with Gasteiger partial charge in [-0.15, -0.1) is 0 Å². The third kappa shape index (κ3) is 4.43. The molecule has 0 saturated carbocycles. The van der Waals surface area contributed by atoms with Crippen molar-refractivity contribution in [2.45, 2.75) is 26.7 Å². The lowest BCUT2D eigenvalue weighted by Gasteiger charge is -2.33. The molecule has 1 atom stereocenters. The number of aryl methyl sites for hydroxylation is 1. The van der Waals surface area contributed by atoms with Gasteiger partial charge in [0.05, 0.1) is 12.5 Å². The minimum absolute atomic E-state index is 0.0727. The van der Waals surface area contributed by atoms with Crippen LogP contribution < -0.4 is 5.32 Å². The molecule has 4 nitrogen and oxygen atoms in total. The number of hydrogen-bond acceptors (Lipinski definition) is 3. The molecule has 0 aliphatic carbocycles. The maximum Gasteiger partial charge on any atom is 0.310 e. The summed E-state index contributed by atoms with van der Waals surface area (Å²) in [6.07, 6.45) is 1.83. The Labute approximate surface area is 131 Å². The summed E-state index contributed by atoms with van der Waals surface area (Å²) in [5.41, 5.74) is 2.19. The van der Waals surface area contributed by atoms with Crippen molar-refractivity contribution in [3.8, 4) is 0 Å². The average Bonchev–Trinajstić information content (AvgIpc) is 2.50. The molecule has 1 aliphatic heterocycles. The number of anilines is 1.